The summed E-state index contributed by atoms with van der Waals surface area (Å²) in [4.78, 5) is 24.8. The molecule has 33 heavy (non-hydrogen) atoms. The van der Waals surface area contributed by atoms with Crippen LogP contribution in [0.1, 0.15) is 30.9 Å². The normalized spacial score (nSPS) is 18.3. The summed E-state index contributed by atoms with van der Waals surface area (Å²) < 4.78 is 43.3. The molecule has 2 aliphatic rings. The van der Waals surface area contributed by atoms with Crippen molar-refractivity contribution in [1.29, 1.82) is 0 Å². The quantitative estimate of drug-likeness (QED) is 0.563. The van der Waals surface area contributed by atoms with Gasteiger partial charge in [-0.25, -0.2) is 13.2 Å². The molecule has 2 aliphatic heterocycles. The summed E-state index contributed by atoms with van der Waals surface area (Å²) in [6.45, 7) is 1.94. The molecule has 0 amide bonds. The van der Waals surface area contributed by atoms with Crippen molar-refractivity contribution in [2.45, 2.75) is 30.8 Å². The number of hydrogen-bond acceptors (Lipinski definition) is 7. The molecular weight excluding hydrogens is 468 g/mol. The lowest BCUT2D eigenvalue weighted by molar-refractivity contribution is -0.143. The lowest BCUT2D eigenvalue weighted by Crippen LogP contribution is -2.27. The Balaban J connectivity index is 1.96. The van der Waals surface area contributed by atoms with E-state index in [1.165, 1.54) is 25.3 Å². The van der Waals surface area contributed by atoms with Gasteiger partial charge in [0.1, 0.15) is 16.8 Å². The van der Waals surface area contributed by atoms with Gasteiger partial charge in [-0.1, -0.05) is 41.9 Å². The highest BCUT2D eigenvalue weighted by molar-refractivity contribution is 7.96. The van der Waals surface area contributed by atoms with Crippen molar-refractivity contribution >= 4 is 44.7 Å². The molecule has 0 N–H and O–H groups in total. The molecule has 1 atom stereocenters. The number of rotatable bonds is 6. The van der Waals surface area contributed by atoms with E-state index in [2.05, 4.69) is 0 Å². The Morgan fingerprint density at radius 2 is 1.85 bits per heavy atom. The van der Waals surface area contributed by atoms with Gasteiger partial charge in [0.05, 0.1) is 24.2 Å². The molecule has 0 saturated carbocycles. The van der Waals surface area contributed by atoms with Gasteiger partial charge in [0.15, 0.2) is 0 Å². The average Bonchev–Trinajstić information content (AvgIpc) is 3.02. The molecule has 0 aliphatic carbocycles. The highest BCUT2D eigenvalue weighted by Crippen LogP contribution is 2.51. The van der Waals surface area contributed by atoms with E-state index in [9.17, 15) is 18.0 Å². The maximum absolute atomic E-state index is 13.5. The Morgan fingerprint density at radius 1 is 1.12 bits per heavy atom. The number of benzene rings is 2. The van der Waals surface area contributed by atoms with Crippen LogP contribution in [0, 0.1) is 0 Å². The first-order valence-corrected chi connectivity index (χ1v) is 12.2. The first-order valence-electron chi connectivity index (χ1n) is 10.3. The van der Waals surface area contributed by atoms with Crippen molar-refractivity contribution in [2.24, 2.45) is 0 Å². The zero-order valence-electron chi connectivity index (χ0n) is 18.0. The summed E-state index contributed by atoms with van der Waals surface area (Å²) in [5.74, 6) is -1.20. The van der Waals surface area contributed by atoms with E-state index in [1.54, 1.807) is 37.3 Å². The first-order chi connectivity index (χ1) is 15.8. The van der Waals surface area contributed by atoms with Crippen LogP contribution in [0.2, 0.25) is 5.02 Å². The molecule has 0 radical (unpaired) electrons. The maximum atomic E-state index is 13.5. The number of esters is 2. The van der Waals surface area contributed by atoms with E-state index in [-0.39, 0.29) is 46.1 Å². The maximum Gasteiger partial charge on any atom is 0.339 e. The second kappa shape index (κ2) is 9.03. The number of ether oxygens (including phenoxy) is 3. The smallest absolute Gasteiger partial charge is 0.339 e. The third kappa shape index (κ3) is 4.05. The van der Waals surface area contributed by atoms with E-state index in [1.807, 2.05) is 0 Å². The van der Waals surface area contributed by atoms with E-state index < -0.39 is 27.9 Å². The van der Waals surface area contributed by atoms with Crippen molar-refractivity contribution in [3.05, 3.63) is 75.2 Å². The standard InChI is InChI=1S/C24H21ClO7S/c1-3-31-19(26)12-10-17-20(14-7-5-4-6-8-14)21(24(27)30-2)23-22(32-17)16-13-15(25)9-11-18(16)33(23,28)29/h4-9,11,13,17H,3,10,12H2,1-2H3/t17-/m0/s1. The molecule has 4 rings (SSSR count). The highest BCUT2D eigenvalue weighted by Gasteiger charge is 2.47. The molecule has 0 saturated heterocycles. The van der Waals surface area contributed by atoms with Crippen LogP contribution in [0.5, 0.6) is 0 Å². The zero-order valence-corrected chi connectivity index (χ0v) is 19.5. The van der Waals surface area contributed by atoms with Gasteiger partial charge in [-0.15, -0.1) is 0 Å². The van der Waals surface area contributed by atoms with Crippen LogP contribution in [-0.2, 0) is 33.6 Å². The summed E-state index contributed by atoms with van der Waals surface area (Å²) in [7, 11) is -2.90. The van der Waals surface area contributed by atoms with Gasteiger partial charge in [0.2, 0.25) is 9.84 Å². The van der Waals surface area contributed by atoms with Crippen LogP contribution in [0.4, 0.5) is 0 Å². The van der Waals surface area contributed by atoms with Gasteiger partial charge in [-0.2, -0.15) is 0 Å². The number of fused-ring (bicyclic) bond motifs is 2. The fraction of sp³-hybridized carbons (Fsp3) is 0.250. The number of carbonyl (C=O) groups excluding carboxylic acids is 2. The predicted octanol–water partition coefficient (Wildman–Crippen LogP) is 4.16. The summed E-state index contributed by atoms with van der Waals surface area (Å²) in [5.41, 5.74) is 1.09. The fourth-order valence-electron chi connectivity index (χ4n) is 4.06. The SMILES string of the molecule is CCOC(=O)CC[C@@H]1OC2=C(C(C(=O)OC)=C1c1ccccc1)S(=O)(=O)c1ccc(Cl)cc12. The van der Waals surface area contributed by atoms with Crippen LogP contribution >= 0.6 is 11.6 Å². The van der Waals surface area contributed by atoms with Gasteiger partial charge >= 0.3 is 11.9 Å². The third-order valence-corrected chi connectivity index (χ3v) is 7.52. The average molecular weight is 489 g/mol. The van der Waals surface area contributed by atoms with Crippen LogP contribution in [-0.4, -0.2) is 40.2 Å². The third-order valence-electron chi connectivity index (χ3n) is 5.42. The molecule has 2 heterocycles. The molecular formula is C24H21ClO7S. The van der Waals surface area contributed by atoms with E-state index >= 15 is 0 Å². The van der Waals surface area contributed by atoms with Crippen molar-refractivity contribution in [3.63, 3.8) is 0 Å². The highest BCUT2D eigenvalue weighted by atomic mass is 35.5. The van der Waals surface area contributed by atoms with E-state index in [0.717, 1.165) is 0 Å². The van der Waals surface area contributed by atoms with Crippen LogP contribution in [0.15, 0.2) is 63.9 Å². The van der Waals surface area contributed by atoms with E-state index in [4.69, 9.17) is 25.8 Å². The Bertz CT molecular complexity index is 1290. The monoisotopic (exact) mass is 488 g/mol. The first kappa shape index (κ1) is 23.1. The number of sulfone groups is 1. The molecule has 0 aromatic heterocycles. The molecule has 0 fully saturated rings. The number of halogens is 1. The lowest BCUT2D eigenvalue weighted by atomic mass is 9.89. The molecule has 2 aromatic rings. The minimum absolute atomic E-state index is 0.00300. The minimum atomic E-state index is -4.09. The number of carbonyl (C=O) groups is 2. The van der Waals surface area contributed by atoms with Gasteiger partial charge in [0, 0.05) is 22.6 Å². The van der Waals surface area contributed by atoms with Crippen molar-refractivity contribution in [2.75, 3.05) is 13.7 Å². The summed E-state index contributed by atoms with van der Waals surface area (Å²) in [5, 5.41) is 0.321. The van der Waals surface area contributed by atoms with Gasteiger partial charge in [-0.3, -0.25) is 4.79 Å². The topological polar surface area (TPSA) is 96.0 Å². The molecule has 172 valence electrons. The number of hydrogen-bond donors (Lipinski definition) is 0. The zero-order chi connectivity index (χ0) is 23.8. The Kier molecular flexibility index (Phi) is 6.32. The second-order valence-electron chi connectivity index (χ2n) is 7.40. The van der Waals surface area contributed by atoms with E-state index in [0.29, 0.717) is 16.2 Å². The van der Waals surface area contributed by atoms with Crippen molar-refractivity contribution in [3.8, 4) is 0 Å². The van der Waals surface area contributed by atoms with Gasteiger partial charge in [0.25, 0.3) is 0 Å². The van der Waals surface area contributed by atoms with Crippen molar-refractivity contribution in [1.82, 2.24) is 0 Å². The minimum Gasteiger partial charge on any atom is -0.484 e. The molecule has 2 aromatic carbocycles. The Labute approximate surface area is 196 Å². The van der Waals surface area contributed by atoms with Gasteiger partial charge < -0.3 is 14.2 Å². The summed E-state index contributed by atoms with van der Waals surface area (Å²) >= 11 is 6.13. The molecule has 0 unspecified atom stereocenters. The van der Waals surface area contributed by atoms with Gasteiger partial charge in [-0.05, 0) is 37.1 Å². The summed E-state index contributed by atoms with van der Waals surface area (Å²) in [6.07, 6.45) is -0.623. The number of methoxy groups -OCH3 is 1. The van der Waals surface area contributed by atoms with Crippen molar-refractivity contribution < 1.29 is 32.2 Å². The van der Waals surface area contributed by atoms with Crippen LogP contribution < -0.4 is 0 Å². The largest absolute Gasteiger partial charge is 0.484 e. The molecule has 0 spiro atoms. The predicted molar refractivity (Wildman–Crippen MR) is 122 cm³/mol. The Hall–Kier alpha value is -3.10. The fourth-order valence-corrected chi connectivity index (χ4v) is 6.00. The Morgan fingerprint density at radius 3 is 2.52 bits per heavy atom. The molecule has 0 bridgehead atoms. The lowest BCUT2D eigenvalue weighted by Gasteiger charge is -2.30. The summed E-state index contributed by atoms with van der Waals surface area (Å²) in [6, 6.07) is 13.2. The van der Waals surface area contributed by atoms with Crippen LogP contribution in [0.3, 0.4) is 0 Å². The molecule has 7 nitrogen and oxygen atoms in total. The van der Waals surface area contributed by atoms with Crippen LogP contribution in [0.25, 0.3) is 11.3 Å². The molecule has 9 heteroatoms. The second-order valence-corrected chi connectivity index (χ2v) is 9.69.